The van der Waals surface area contributed by atoms with Crippen LogP contribution in [0, 0.1) is 35.5 Å². The van der Waals surface area contributed by atoms with Crippen molar-refractivity contribution in [3.8, 4) is 5.75 Å². The maximum atomic E-state index is 13.7. The number of carbonyl (C=O) groups excluding carboxylic acids is 2. The Balaban J connectivity index is 1.46. The van der Waals surface area contributed by atoms with Gasteiger partial charge in [-0.2, -0.15) is 0 Å². The molecule has 2 aromatic rings. The lowest BCUT2D eigenvalue weighted by Gasteiger charge is -2.43. The van der Waals surface area contributed by atoms with Gasteiger partial charge >= 0.3 is 10.8 Å². The maximum Gasteiger partial charge on any atom is 0.327 e. The highest BCUT2D eigenvalue weighted by Crippen LogP contribution is 2.69. The number of thiazole rings is 1. The molecule has 8 nitrogen and oxygen atoms in total. The summed E-state index contributed by atoms with van der Waals surface area (Å²) >= 11 is 2.81. The predicted molar refractivity (Wildman–Crippen MR) is 130 cm³/mol. The third-order valence-corrected chi connectivity index (χ3v) is 11.0. The number of rotatable bonds is 5. The van der Waals surface area contributed by atoms with Crippen molar-refractivity contribution in [3.05, 3.63) is 44.4 Å². The number of benzene rings is 1. The number of hydrogen-bond donors (Lipinski definition) is 2. The van der Waals surface area contributed by atoms with Crippen molar-refractivity contribution in [2.24, 2.45) is 35.5 Å². The van der Waals surface area contributed by atoms with Gasteiger partial charge in [0, 0.05) is 21.6 Å². The van der Waals surface area contributed by atoms with Gasteiger partial charge < -0.3 is 14.8 Å². The van der Waals surface area contributed by atoms with Crippen LogP contribution < -0.4 is 9.61 Å². The Kier molecular flexibility index (Phi) is 5.20. The normalized spacial score (nSPS) is 33.6. The molecule has 3 fully saturated rings. The molecular formula is C25H26N2O6S2. The van der Waals surface area contributed by atoms with Crippen molar-refractivity contribution in [3.63, 3.8) is 0 Å². The molecule has 8 atom stereocenters. The van der Waals surface area contributed by atoms with E-state index in [1.807, 2.05) is 24.3 Å². The molecule has 3 heterocycles. The zero-order valence-corrected chi connectivity index (χ0v) is 21.1. The number of aromatic nitrogens is 1. The Morgan fingerprint density at radius 2 is 1.83 bits per heavy atom. The molecule has 0 unspecified atom stereocenters. The summed E-state index contributed by atoms with van der Waals surface area (Å²) in [4.78, 5) is 56.5. The quantitative estimate of drug-likeness (QED) is 0.589. The van der Waals surface area contributed by atoms with E-state index in [0.717, 1.165) is 32.5 Å². The Bertz CT molecular complexity index is 1300. The maximum absolute atomic E-state index is 13.7. The van der Waals surface area contributed by atoms with E-state index in [9.17, 15) is 24.3 Å². The molecule has 6 rings (SSSR count). The second-order valence-corrected chi connectivity index (χ2v) is 12.5. The van der Waals surface area contributed by atoms with E-state index in [1.165, 1.54) is 11.3 Å². The Hall–Kier alpha value is -2.59. The fraction of sp³-hybridized carbons (Fsp3) is 0.520. The lowest BCUT2D eigenvalue weighted by molar-refractivity contribution is -0.157. The first kappa shape index (κ1) is 22.8. The number of nitrogens with one attached hydrogen (secondary N) is 1. The summed E-state index contributed by atoms with van der Waals surface area (Å²) in [6.45, 7) is 3.45. The number of hydrogen-bond acceptors (Lipinski definition) is 7. The number of aromatic amines is 1. The molecule has 0 radical (unpaired) electrons. The van der Waals surface area contributed by atoms with Crippen molar-refractivity contribution in [2.75, 3.05) is 7.11 Å². The number of carbonyl (C=O) groups is 3. The van der Waals surface area contributed by atoms with Crippen LogP contribution in [-0.2, 0) is 14.4 Å². The van der Waals surface area contributed by atoms with Crippen LogP contribution >= 0.6 is 23.1 Å². The number of carboxylic acid groups (broad SMARTS) is 1. The van der Waals surface area contributed by atoms with E-state index < -0.39 is 23.8 Å². The van der Waals surface area contributed by atoms with Gasteiger partial charge in [-0.25, -0.2) is 4.79 Å². The summed E-state index contributed by atoms with van der Waals surface area (Å²) < 4.78 is 5.69. The topological polar surface area (TPSA) is 117 Å². The molecule has 0 spiro atoms. The first-order chi connectivity index (χ1) is 16.7. The van der Waals surface area contributed by atoms with Crippen LogP contribution in [-0.4, -0.2) is 51.2 Å². The monoisotopic (exact) mass is 514 g/mol. The van der Waals surface area contributed by atoms with Crippen LogP contribution in [0.4, 0.5) is 0 Å². The third kappa shape index (κ3) is 3.05. The van der Waals surface area contributed by atoms with E-state index >= 15 is 0 Å². The van der Waals surface area contributed by atoms with Gasteiger partial charge in [-0.1, -0.05) is 43.4 Å². The van der Waals surface area contributed by atoms with Gasteiger partial charge in [-0.05, 0) is 36.2 Å². The molecule has 2 saturated carbocycles. The number of nitrogens with zero attached hydrogens (tertiary/aromatic N) is 1. The molecule has 1 aromatic carbocycles. The zero-order valence-electron chi connectivity index (χ0n) is 19.5. The number of H-pyrrole nitrogens is 1. The summed E-state index contributed by atoms with van der Waals surface area (Å²) in [7, 11) is 1.63. The first-order valence-corrected chi connectivity index (χ1v) is 13.6. The van der Waals surface area contributed by atoms with Crippen molar-refractivity contribution >= 4 is 40.9 Å². The van der Waals surface area contributed by atoms with Crippen molar-refractivity contribution in [1.29, 1.82) is 0 Å². The lowest BCUT2D eigenvalue weighted by Crippen LogP contribution is -2.49. The van der Waals surface area contributed by atoms with Crippen molar-refractivity contribution in [2.45, 2.75) is 42.5 Å². The first-order valence-electron chi connectivity index (χ1n) is 11.9. The zero-order chi connectivity index (χ0) is 24.8. The van der Waals surface area contributed by atoms with Gasteiger partial charge in [-0.3, -0.25) is 19.3 Å². The largest absolute Gasteiger partial charge is 0.496 e. The number of likely N-dealkylation sites (tertiary alicyclic amines) is 1. The van der Waals surface area contributed by atoms with Crippen LogP contribution in [0.1, 0.15) is 36.6 Å². The second kappa shape index (κ2) is 7.96. The molecule has 2 bridgehead atoms. The molecule has 2 aliphatic heterocycles. The molecule has 2 N–H and O–H groups in total. The SMILES string of the molecule is COc1ccccc1[C@@H]1c2sc(=O)[nH]c2S[C@@H]2[C@H]3C[C@@H]([C@@H]4C(=O)N([C@@H](C(=O)O)C(C)C)C(=O)[C@@H]34)[C@@H]12. The summed E-state index contributed by atoms with van der Waals surface area (Å²) in [6.07, 6.45) is 0.757. The standard InChI is InChI=1S/C25H26N2O6S2/c1-9(2)18(24(30)31)27-22(28)16-11-8-12(17(16)23(27)29)19-15(11)14(10-6-4-5-7-13(10)33-3)20-21(34-19)26-25(32)35-20/h4-7,9,11-12,14-19H,8H2,1-3H3,(H,26,32)(H,30,31)/t11-,12+,14+,15+,16+,17+,18-,19-/m1/s1. The number of ether oxygens (including phenoxy) is 1. The summed E-state index contributed by atoms with van der Waals surface area (Å²) in [5.74, 6) is -2.69. The van der Waals surface area contributed by atoms with Gasteiger partial charge in [0.1, 0.15) is 11.8 Å². The van der Waals surface area contributed by atoms with Crippen molar-refractivity contribution < 1.29 is 24.2 Å². The third-order valence-electron chi connectivity index (χ3n) is 8.39. The number of fused-ring (bicyclic) bond motifs is 9. The number of imide groups is 1. The molecule has 10 heteroatoms. The second-order valence-electron chi connectivity index (χ2n) is 10.3. The van der Waals surface area contributed by atoms with Gasteiger partial charge in [0.2, 0.25) is 11.8 Å². The minimum atomic E-state index is -1.15. The van der Waals surface area contributed by atoms with E-state index in [2.05, 4.69) is 4.98 Å². The Morgan fingerprint density at radius 1 is 1.14 bits per heavy atom. The number of thioether (sulfide) groups is 1. The highest BCUT2D eigenvalue weighted by Gasteiger charge is 2.70. The van der Waals surface area contributed by atoms with E-state index in [1.54, 1.807) is 32.7 Å². The number of aliphatic carboxylic acids is 1. The predicted octanol–water partition coefficient (Wildman–Crippen LogP) is 3.03. The van der Waals surface area contributed by atoms with E-state index in [-0.39, 0.29) is 51.5 Å². The number of amides is 2. The molecule has 1 saturated heterocycles. The highest BCUT2D eigenvalue weighted by atomic mass is 32.2. The molecule has 2 amide bonds. The van der Waals surface area contributed by atoms with Crippen LogP contribution in [0.2, 0.25) is 0 Å². The smallest absolute Gasteiger partial charge is 0.327 e. The van der Waals surface area contributed by atoms with Crippen LogP contribution in [0.5, 0.6) is 5.75 Å². The summed E-state index contributed by atoms with van der Waals surface area (Å²) in [5, 5.41) is 10.7. The van der Waals surface area contributed by atoms with Gasteiger partial charge in [-0.15, -0.1) is 11.8 Å². The fourth-order valence-electron chi connectivity index (χ4n) is 7.28. The molecule has 2 aliphatic carbocycles. The lowest BCUT2D eigenvalue weighted by atomic mass is 9.68. The molecule has 184 valence electrons. The van der Waals surface area contributed by atoms with Crippen LogP contribution in [0.3, 0.4) is 0 Å². The van der Waals surface area contributed by atoms with E-state index in [4.69, 9.17) is 4.74 Å². The van der Waals surface area contributed by atoms with Gasteiger partial charge in [0.25, 0.3) is 0 Å². The summed E-state index contributed by atoms with van der Waals surface area (Å²) in [6, 6.07) is 6.62. The Morgan fingerprint density at radius 3 is 2.49 bits per heavy atom. The number of carboxylic acids is 1. The van der Waals surface area contributed by atoms with Gasteiger partial charge in [0.15, 0.2) is 0 Å². The summed E-state index contributed by atoms with van der Waals surface area (Å²) in [5.41, 5.74) is 0.977. The minimum Gasteiger partial charge on any atom is -0.496 e. The van der Waals surface area contributed by atoms with Crippen molar-refractivity contribution in [1.82, 2.24) is 9.88 Å². The molecule has 35 heavy (non-hydrogen) atoms. The molecular weight excluding hydrogens is 488 g/mol. The average molecular weight is 515 g/mol. The fourth-order valence-corrected chi connectivity index (χ4v) is 10.2. The highest BCUT2D eigenvalue weighted by molar-refractivity contribution is 8.00. The van der Waals surface area contributed by atoms with E-state index in [0.29, 0.717) is 0 Å². The van der Waals surface area contributed by atoms with Crippen LogP contribution in [0.15, 0.2) is 34.1 Å². The van der Waals surface area contributed by atoms with Gasteiger partial charge in [0.05, 0.1) is 24.0 Å². The molecule has 1 aromatic heterocycles. The number of methoxy groups -OCH3 is 1. The minimum absolute atomic E-state index is 0.0422. The average Bonchev–Trinajstić information content (AvgIpc) is 3.54. The number of para-hydroxylation sites is 1. The van der Waals surface area contributed by atoms with Crippen LogP contribution in [0.25, 0.3) is 0 Å². The Labute approximate surface area is 210 Å². The molecule has 4 aliphatic rings.